The zero-order valence-corrected chi connectivity index (χ0v) is 13.9. The summed E-state index contributed by atoms with van der Waals surface area (Å²) in [6.45, 7) is 3.42. The van der Waals surface area contributed by atoms with Crippen molar-refractivity contribution in [2.45, 2.75) is 25.7 Å². The van der Waals surface area contributed by atoms with Crippen molar-refractivity contribution in [1.82, 2.24) is 19.7 Å². The Hall–Kier alpha value is -2.63. The van der Waals surface area contributed by atoms with Gasteiger partial charge in [0.2, 0.25) is 0 Å². The van der Waals surface area contributed by atoms with E-state index in [2.05, 4.69) is 10.2 Å². The van der Waals surface area contributed by atoms with Crippen molar-refractivity contribution < 1.29 is 9.21 Å². The van der Waals surface area contributed by atoms with Crippen LogP contribution in [0.1, 0.15) is 40.7 Å². The molecule has 24 heavy (non-hydrogen) atoms. The van der Waals surface area contributed by atoms with E-state index < -0.39 is 0 Å². The SMILES string of the molecule is Cc1cccc2cc(C(=O)N3CCC(c4nncn4C)CC3)oc12. The number of likely N-dealkylation sites (tertiary alicyclic amines) is 1. The molecule has 0 aliphatic carbocycles. The lowest BCUT2D eigenvalue weighted by molar-refractivity contribution is 0.0680. The number of piperidine rings is 1. The summed E-state index contributed by atoms with van der Waals surface area (Å²) in [5.41, 5.74) is 1.85. The third-order valence-electron chi connectivity index (χ3n) is 4.85. The van der Waals surface area contributed by atoms with Crippen molar-refractivity contribution in [1.29, 1.82) is 0 Å². The molecule has 6 nitrogen and oxygen atoms in total. The van der Waals surface area contributed by atoms with Crippen LogP contribution in [0.25, 0.3) is 11.0 Å². The van der Waals surface area contributed by atoms with Crippen molar-refractivity contribution in [2.24, 2.45) is 7.05 Å². The summed E-state index contributed by atoms with van der Waals surface area (Å²) in [4.78, 5) is 14.6. The van der Waals surface area contributed by atoms with Crippen LogP contribution < -0.4 is 0 Å². The van der Waals surface area contributed by atoms with Crippen molar-refractivity contribution in [3.05, 3.63) is 47.7 Å². The first-order chi connectivity index (χ1) is 11.6. The lowest BCUT2D eigenvalue weighted by atomic mass is 9.96. The van der Waals surface area contributed by atoms with Crippen molar-refractivity contribution in [3.63, 3.8) is 0 Å². The number of hydrogen-bond donors (Lipinski definition) is 0. The highest BCUT2D eigenvalue weighted by atomic mass is 16.3. The first-order valence-electron chi connectivity index (χ1n) is 8.26. The minimum atomic E-state index is -0.0259. The molecule has 2 aromatic heterocycles. The van der Waals surface area contributed by atoms with Gasteiger partial charge in [0.25, 0.3) is 5.91 Å². The minimum absolute atomic E-state index is 0.0259. The highest BCUT2D eigenvalue weighted by Crippen LogP contribution is 2.28. The normalized spacial score (nSPS) is 16.0. The zero-order valence-electron chi connectivity index (χ0n) is 13.9. The predicted octanol–water partition coefficient (Wildman–Crippen LogP) is 2.89. The Kier molecular flexibility index (Phi) is 3.59. The summed E-state index contributed by atoms with van der Waals surface area (Å²) in [6.07, 6.45) is 3.53. The molecule has 1 amide bonds. The summed E-state index contributed by atoms with van der Waals surface area (Å²) in [5.74, 6) is 1.76. The van der Waals surface area contributed by atoms with Gasteiger partial charge in [-0.3, -0.25) is 4.79 Å². The van der Waals surface area contributed by atoms with Gasteiger partial charge in [0.1, 0.15) is 17.7 Å². The third kappa shape index (κ3) is 2.48. The van der Waals surface area contributed by atoms with Gasteiger partial charge in [-0.25, -0.2) is 0 Å². The number of amides is 1. The van der Waals surface area contributed by atoms with E-state index in [4.69, 9.17) is 4.42 Å². The quantitative estimate of drug-likeness (QED) is 0.727. The van der Waals surface area contributed by atoms with Crippen LogP contribution in [-0.4, -0.2) is 38.7 Å². The summed E-state index contributed by atoms with van der Waals surface area (Å²) in [7, 11) is 1.96. The Labute approximate surface area is 140 Å². The van der Waals surface area contributed by atoms with E-state index in [9.17, 15) is 4.79 Å². The van der Waals surface area contributed by atoms with Crippen LogP contribution in [-0.2, 0) is 7.05 Å². The number of carbonyl (C=O) groups is 1. The maximum Gasteiger partial charge on any atom is 0.289 e. The van der Waals surface area contributed by atoms with Crippen LogP contribution in [0.4, 0.5) is 0 Å². The number of rotatable bonds is 2. The molecule has 1 aliphatic rings. The molecule has 1 saturated heterocycles. The molecule has 0 spiro atoms. The first-order valence-corrected chi connectivity index (χ1v) is 8.26. The molecule has 0 N–H and O–H groups in total. The van der Waals surface area contributed by atoms with E-state index in [-0.39, 0.29) is 5.91 Å². The van der Waals surface area contributed by atoms with Gasteiger partial charge in [-0.1, -0.05) is 18.2 Å². The van der Waals surface area contributed by atoms with Gasteiger partial charge in [0.15, 0.2) is 5.76 Å². The molecule has 0 atom stereocenters. The number of nitrogens with zero attached hydrogens (tertiary/aromatic N) is 4. The highest BCUT2D eigenvalue weighted by Gasteiger charge is 2.28. The zero-order chi connectivity index (χ0) is 16.7. The van der Waals surface area contributed by atoms with E-state index in [1.165, 1.54) is 0 Å². The van der Waals surface area contributed by atoms with Crippen LogP contribution >= 0.6 is 0 Å². The second kappa shape index (κ2) is 5.78. The number of aryl methyl sites for hydroxylation is 2. The molecule has 3 heterocycles. The van der Waals surface area contributed by atoms with Crippen molar-refractivity contribution in [2.75, 3.05) is 13.1 Å². The van der Waals surface area contributed by atoms with Crippen LogP contribution in [0.2, 0.25) is 0 Å². The average Bonchev–Trinajstić information content (AvgIpc) is 3.21. The Morgan fingerprint density at radius 3 is 2.75 bits per heavy atom. The fourth-order valence-corrected chi connectivity index (χ4v) is 3.47. The Bertz CT molecular complexity index is 887. The van der Waals surface area contributed by atoms with Gasteiger partial charge < -0.3 is 13.9 Å². The molecule has 0 saturated carbocycles. The summed E-state index contributed by atoms with van der Waals surface area (Å²) >= 11 is 0. The number of fused-ring (bicyclic) bond motifs is 1. The fraction of sp³-hybridized carbons (Fsp3) is 0.389. The number of aromatic nitrogens is 3. The lowest BCUT2D eigenvalue weighted by Crippen LogP contribution is -2.38. The molecule has 6 heteroatoms. The maximum atomic E-state index is 12.7. The molecule has 3 aromatic rings. The minimum Gasteiger partial charge on any atom is -0.451 e. The Morgan fingerprint density at radius 1 is 1.29 bits per heavy atom. The number of furan rings is 1. The lowest BCUT2D eigenvalue weighted by Gasteiger charge is -2.30. The molecular weight excluding hydrogens is 304 g/mol. The fourth-order valence-electron chi connectivity index (χ4n) is 3.47. The first kappa shape index (κ1) is 14.9. The third-order valence-corrected chi connectivity index (χ3v) is 4.85. The van der Waals surface area contributed by atoms with Crippen LogP contribution in [0.3, 0.4) is 0 Å². The van der Waals surface area contributed by atoms with Crippen molar-refractivity contribution in [3.8, 4) is 0 Å². The van der Waals surface area contributed by atoms with Gasteiger partial charge in [-0.2, -0.15) is 0 Å². The van der Waals surface area contributed by atoms with Crippen LogP contribution in [0, 0.1) is 6.92 Å². The maximum absolute atomic E-state index is 12.7. The van der Waals surface area contributed by atoms with E-state index in [1.807, 2.05) is 47.7 Å². The summed E-state index contributed by atoms with van der Waals surface area (Å²) in [5, 5.41) is 9.12. The van der Waals surface area contributed by atoms with E-state index >= 15 is 0 Å². The molecule has 1 fully saturated rings. The van der Waals surface area contributed by atoms with E-state index in [0.29, 0.717) is 24.8 Å². The van der Waals surface area contributed by atoms with Gasteiger partial charge >= 0.3 is 0 Å². The molecule has 1 aliphatic heterocycles. The molecule has 4 rings (SSSR count). The molecule has 0 unspecified atom stereocenters. The average molecular weight is 324 g/mol. The Morgan fingerprint density at radius 2 is 2.08 bits per heavy atom. The van der Waals surface area contributed by atoms with Crippen LogP contribution in [0.15, 0.2) is 35.0 Å². The topological polar surface area (TPSA) is 64.2 Å². The van der Waals surface area contributed by atoms with E-state index in [1.54, 1.807) is 6.33 Å². The molecular formula is C18H20N4O2. The Balaban J connectivity index is 1.49. The van der Waals surface area contributed by atoms with E-state index in [0.717, 1.165) is 35.2 Å². The van der Waals surface area contributed by atoms with Gasteiger partial charge in [-0.05, 0) is 31.4 Å². The molecule has 0 radical (unpaired) electrons. The summed E-state index contributed by atoms with van der Waals surface area (Å²) < 4.78 is 7.78. The highest BCUT2D eigenvalue weighted by molar-refractivity contribution is 5.96. The predicted molar refractivity (Wildman–Crippen MR) is 89.8 cm³/mol. The smallest absolute Gasteiger partial charge is 0.289 e. The number of hydrogen-bond acceptors (Lipinski definition) is 4. The molecule has 1 aromatic carbocycles. The number of carbonyl (C=O) groups excluding carboxylic acids is 1. The van der Waals surface area contributed by atoms with Gasteiger partial charge in [0, 0.05) is 31.4 Å². The van der Waals surface area contributed by atoms with Crippen LogP contribution in [0.5, 0.6) is 0 Å². The number of benzene rings is 1. The number of para-hydroxylation sites is 1. The second-order valence-corrected chi connectivity index (χ2v) is 6.47. The monoisotopic (exact) mass is 324 g/mol. The summed E-state index contributed by atoms with van der Waals surface area (Å²) in [6, 6.07) is 7.79. The van der Waals surface area contributed by atoms with Gasteiger partial charge in [0.05, 0.1) is 0 Å². The molecule has 0 bridgehead atoms. The largest absolute Gasteiger partial charge is 0.451 e. The standard InChI is InChI=1S/C18H20N4O2/c1-12-4-3-5-14-10-15(24-16(12)14)18(23)22-8-6-13(7-9-22)17-20-19-11-21(17)2/h3-5,10-11,13H,6-9H2,1-2H3. The van der Waals surface area contributed by atoms with Gasteiger partial charge in [-0.15, -0.1) is 10.2 Å². The second-order valence-electron chi connectivity index (χ2n) is 6.47. The molecule has 124 valence electrons. The van der Waals surface area contributed by atoms with Crippen molar-refractivity contribution >= 4 is 16.9 Å².